The third kappa shape index (κ3) is 5.98. The highest BCUT2D eigenvalue weighted by Crippen LogP contribution is 2.11. The number of ether oxygens (including phenoxy) is 2. The van der Waals surface area contributed by atoms with Crippen molar-refractivity contribution in [2.24, 2.45) is 0 Å². The SMILES string of the molecule is CCCO[C](COCC)S(=O)(=O)O. The van der Waals surface area contributed by atoms with Crippen LogP contribution in [0.5, 0.6) is 0 Å². The highest BCUT2D eigenvalue weighted by Gasteiger charge is 2.25. The molecule has 0 heterocycles. The summed E-state index contributed by atoms with van der Waals surface area (Å²) in [4.78, 5) is 0. The Morgan fingerprint density at radius 3 is 2.38 bits per heavy atom. The quantitative estimate of drug-likeness (QED) is 0.631. The average molecular weight is 211 g/mol. The van der Waals surface area contributed by atoms with Crippen LogP contribution < -0.4 is 0 Å². The molecule has 0 aromatic rings. The molecule has 0 amide bonds. The van der Waals surface area contributed by atoms with Crippen LogP contribution in [-0.2, 0) is 19.6 Å². The van der Waals surface area contributed by atoms with E-state index in [1.165, 1.54) is 0 Å². The molecule has 0 aliphatic heterocycles. The van der Waals surface area contributed by atoms with E-state index < -0.39 is 15.6 Å². The van der Waals surface area contributed by atoms with E-state index in [1.54, 1.807) is 6.92 Å². The second kappa shape index (κ2) is 6.31. The van der Waals surface area contributed by atoms with Gasteiger partial charge in [-0.05, 0) is 13.3 Å². The van der Waals surface area contributed by atoms with Crippen LogP contribution in [0.4, 0.5) is 0 Å². The summed E-state index contributed by atoms with van der Waals surface area (Å²) in [7, 11) is -4.24. The maximum Gasteiger partial charge on any atom is 0.301 e. The van der Waals surface area contributed by atoms with Gasteiger partial charge in [0.1, 0.15) is 0 Å². The van der Waals surface area contributed by atoms with Crippen molar-refractivity contribution in [3.63, 3.8) is 0 Å². The predicted octanol–water partition coefficient (Wildman–Crippen LogP) is 0.827. The first kappa shape index (κ1) is 12.8. The third-order valence-corrected chi connectivity index (χ3v) is 1.99. The third-order valence-electron chi connectivity index (χ3n) is 1.18. The van der Waals surface area contributed by atoms with Gasteiger partial charge < -0.3 is 9.47 Å². The predicted molar refractivity (Wildman–Crippen MR) is 47.5 cm³/mol. The summed E-state index contributed by atoms with van der Waals surface area (Å²) < 4.78 is 39.6. The molecule has 0 aliphatic carbocycles. The average Bonchev–Trinajstić information content (AvgIpc) is 2.02. The van der Waals surface area contributed by atoms with Crippen LogP contribution in [0.15, 0.2) is 0 Å². The first-order valence-electron chi connectivity index (χ1n) is 4.06. The van der Waals surface area contributed by atoms with Crippen molar-refractivity contribution in [1.29, 1.82) is 0 Å². The molecule has 13 heavy (non-hydrogen) atoms. The Labute approximate surface area is 78.8 Å². The first-order chi connectivity index (χ1) is 6.02. The van der Waals surface area contributed by atoms with Gasteiger partial charge in [-0.3, -0.25) is 4.55 Å². The highest BCUT2D eigenvalue weighted by atomic mass is 32.2. The first-order valence-corrected chi connectivity index (χ1v) is 5.50. The largest absolute Gasteiger partial charge is 0.377 e. The summed E-state index contributed by atoms with van der Waals surface area (Å²) in [5.41, 5.74) is -0.420. The van der Waals surface area contributed by atoms with Gasteiger partial charge in [0.15, 0.2) is 0 Å². The molecule has 5 nitrogen and oxygen atoms in total. The Bertz CT molecular complexity index is 203. The molecule has 0 fully saturated rings. The molecule has 0 unspecified atom stereocenters. The van der Waals surface area contributed by atoms with Gasteiger partial charge in [-0.15, -0.1) is 0 Å². The summed E-state index contributed by atoms with van der Waals surface area (Å²) in [5, 5.41) is 0. The van der Waals surface area contributed by atoms with E-state index in [2.05, 4.69) is 0 Å². The molecular weight excluding hydrogens is 196 g/mol. The number of hydrogen-bond donors (Lipinski definition) is 1. The maximum atomic E-state index is 10.7. The topological polar surface area (TPSA) is 72.8 Å². The van der Waals surface area contributed by atoms with Crippen LogP contribution in [-0.4, -0.2) is 32.8 Å². The standard InChI is InChI=1S/C7H15O5S/c1-3-5-12-7(6-11-4-2)13(8,9)10/h3-6H2,1-2H3,(H,8,9,10). The molecule has 0 atom stereocenters. The lowest BCUT2D eigenvalue weighted by Gasteiger charge is -2.12. The van der Waals surface area contributed by atoms with Crippen molar-refractivity contribution in [2.75, 3.05) is 19.8 Å². The second-order valence-corrected chi connectivity index (χ2v) is 3.74. The summed E-state index contributed by atoms with van der Waals surface area (Å²) in [5.74, 6) is 0. The Balaban J connectivity index is 4.04. The smallest absolute Gasteiger partial charge is 0.301 e. The molecule has 79 valence electrons. The molecule has 0 saturated carbocycles. The van der Waals surface area contributed by atoms with Gasteiger partial charge in [0.25, 0.3) is 5.44 Å². The van der Waals surface area contributed by atoms with E-state index in [1.807, 2.05) is 6.92 Å². The van der Waals surface area contributed by atoms with Gasteiger partial charge in [-0.25, -0.2) is 0 Å². The van der Waals surface area contributed by atoms with Crippen molar-refractivity contribution in [3.05, 3.63) is 5.44 Å². The summed E-state index contributed by atoms with van der Waals surface area (Å²) in [6.07, 6.45) is 0.672. The van der Waals surface area contributed by atoms with Crippen LogP contribution in [0.3, 0.4) is 0 Å². The van der Waals surface area contributed by atoms with E-state index in [0.717, 1.165) is 0 Å². The van der Waals surface area contributed by atoms with Crippen molar-refractivity contribution in [1.82, 2.24) is 0 Å². The van der Waals surface area contributed by atoms with Crippen molar-refractivity contribution >= 4 is 10.1 Å². The minimum atomic E-state index is -4.24. The normalized spacial score (nSPS) is 12.3. The highest BCUT2D eigenvalue weighted by molar-refractivity contribution is 7.88. The van der Waals surface area contributed by atoms with Gasteiger partial charge in [0, 0.05) is 13.2 Å². The fourth-order valence-corrected chi connectivity index (χ4v) is 1.06. The minimum absolute atomic E-state index is 0.213. The number of hydrogen-bond acceptors (Lipinski definition) is 4. The molecule has 0 spiro atoms. The molecule has 1 N–H and O–H groups in total. The lowest BCUT2D eigenvalue weighted by molar-refractivity contribution is 0.0799. The van der Waals surface area contributed by atoms with Gasteiger partial charge in [-0.1, -0.05) is 6.92 Å². The van der Waals surface area contributed by atoms with Gasteiger partial charge >= 0.3 is 10.1 Å². The zero-order valence-corrected chi connectivity index (χ0v) is 8.63. The summed E-state index contributed by atoms with van der Waals surface area (Å²) >= 11 is 0. The Morgan fingerprint density at radius 2 is 2.00 bits per heavy atom. The molecule has 0 saturated heterocycles. The molecule has 0 aromatic heterocycles. The summed E-state index contributed by atoms with van der Waals surface area (Å²) in [6, 6.07) is 0. The van der Waals surface area contributed by atoms with Crippen molar-refractivity contribution in [2.45, 2.75) is 20.3 Å². The van der Waals surface area contributed by atoms with E-state index in [0.29, 0.717) is 13.0 Å². The second-order valence-electron chi connectivity index (χ2n) is 2.33. The Morgan fingerprint density at radius 1 is 1.38 bits per heavy atom. The molecule has 0 aliphatic rings. The molecular formula is C7H15O5S. The monoisotopic (exact) mass is 211 g/mol. The molecule has 0 rings (SSSR count). The van der Waals surface area contributed by atoms with E-state index in [-0.39, 0.29) is 13.2 Å². The minimum Gasteiger partial charge on any atom is -0.377 e. The van der Waals surface area contributed by atoms with Crippen molar-refractivity contribution in [3.8, 4) is 0 Å². The maximum absolute atomic E-state index is 10.7. The molecule has 6 heteroatoms. The molecule has 1 radical (unpaired) electrons. The van der Waals surface area contributed by atoms with Crippen LogP contribution in [0, 0.1) is 5.44 Å². The van der Waals surface area contributed by atoms with Crippen LogP contribution in [0.1, 0.15) is 20.3 Å². The molecule has 0 aromatic carbocycles. The van der Waals surface area contributed by atoms with Gasteiger partial charge in [0.2, 0.25) is 0 Å². The van der Waals surface area contributed by atoms with Gasteiger partial charge in [-0.2, -0.15) is 8.42 Å². The molecule has 0 bridgehead atoms. The van der Waals surface area contributed by atoms with Crippen LogP contribution >= 0.6 is 0 Å². The lowest BCUT2D eigenvalue weighted by atomic mass is 10.5. The van der Waals surface area contributed by atoms with E-state index in [4.69, 9.17) is 14.0 Å². The fourth-order valence-electron chi connectivity index (χ4n) is 0.592. The van der Waals surface area contributed by atoms with Crippen LogP contribution in [0.25, 0.3) is 0 Å². The lowest BCUT2D eigenvalue weighted by Crippen LogP contribution is -2.21. The Kier molecular flexibility index (Phi) is 6.23. The van der Waals surface area contributed by atoms with Crippen molar-refractivity contribution < 1.29 is 22.4 Å². The van der Waals surface area contributed by atoms with E-state index >= 15 is 0 Å². The number of rotatable bonds is 7. The fraction of sp³-hybridized carbons (Fsp3) is 0.857. The zero-order valence-electron chi connectivity index (χ0n) is 7.82. The zero-order chi connectivity index (χ0) is 10.3. The van der Waals surface area contributed by atoms with Gasteiger partial charge in [0.05, 0.1) is 6.61 Å². The Hall–Kier alpha value is -0.170. The van der Waals surface area contributed by atoms with E-state index in [9.17, 15) is 8.42 Å². The summed E-state index contributed by atoms with van der Waals surface area (Å²) in [6.45, 7) is 3.97. The van der Waals surface area contributed by atoms with Crippen LogP contribution in [0.2, 0.25) is 0 Å².